The number of piperidine rings is 1. The Morgan fingerprint density at radius 3 is 2.86 bits per heavy atom. The molecule has 28 heavy (non-hydrogen) atoms. The second kappa shape index (κ2) is 10.1. The molecule has 2 atom stereocenters. The van der Waals surface area contributed by atoms with E-state index in [9.17, 15) is 9.90 Å². The molecule has 0 aromatic heterocycles. The van der Waals surface area contributed by atoms with Crippen LogP contribution in [0.15, 0.2) is 10.5 Å². The van der Waals surface area contributed by atoms with Gasteiger partial charge in [0, 0.05) is 38.5 Å². The molecule has 0 bridgehead atoms. The van der Waals surface area contributed by atoms with Gasteiger partial charge >= 0.3 is 0 Å². The molecule has 2 aliphatic heterocycles. The van der Waals surface area contributed by atoms with Crippen LogP contribution in [0.5, 0.6) is 11.5 Å². The van der Waals surface area contributed by atoms with Crippen molar-refractivity contribution in [2.75, 3.05) is 53.0 Å². The number of amides is 1. The van der Waals surface area contributed by atoms with Crippen molar-refractivity contribution in [2.24, 2.45) is 5.92 Å². The van der Waals surface area contributed by atoms with Gasteiger partial charge in [0.2, 0.25) is 0 Å². The van der Waals surface area contributed by atoms with Gasteiger partial charge in [-0.1, -0.05) is 11.6 Å². The number of β-amino-alcohol motifs (C(OH)–C–C–N with tert-alkyl or cyclic N) is 1. The fourth-order valence-electron chi connectivity index (χ4n) is 3.51. The number of halogens is 2. The van der Waals surface area contributed by atoms with Crippen molar-refractivity contribution in [2.45, 2.75) is 18.9 Å². The van der Waals surface area contributed by atoms with Crippen molar-refractivity contribution >= 4 is 33.4 Å². The van der Waals surface area contributed by atoms with Gasteiger partial charge in [0.25, 0.3) is 5.91 Å². The van der Waals surface area contributed by atoms with Crippen LogP contribution >= 0.6 is 27.5 Å². The van der Waals surface area contributed by atoms with E-state index in [0.29, 0.717) is 52.9 Å². The summed E-state index contributed by atoms with van der Waals surface area (Å²) in [5.74, 6) is 0.624. The molecular formula is C19H27BrClN3O4. The van der Waals surface area contributed by atoms with E-state index < -0.39 is 6.10 Å². The molecule has 2 heterocycles. The van der Waals surface area contributed by atoms with Crippen molar-refractivity contribution in [1.29, 1.82) is 0 Å². The van der Waals surface area contributed by atoms with Gasteiger partial charge in [-0.3, -0.25) is 9.69 Å². The molecule has 1 saturated heterocycles. The molecule has 3 rings (SSSR count). The zero-order chi connectivity index (χ0) is 20.1. The first-order valence-corrected chi connectivity index (χ1v) is 10.8. The lowest BCUT2D eigenvalue weighted by Crippen LogP contribution is -2.48. The van der Waals surface area contributed by atoms with E-state index in [4.69, 9.17) is 21.1 Å². The van der Waals surface area contributed by atoms with Gasteiger partial charge in [-0.05, 0) is 42.0 Å². The third kappa shape index (κ3) is 5.10. The standard InChI is InChI=1S/C19H27BrClN3O4/c1-22-4-6-24-5-3-12(15(25)11-24)10-23-19(26)13-9-14(21)16(20)18-17(13)27-7-2-8-28-18/h9,12,15,22,25H,2-8,10-11H2,1H3,(H,23,26)/t12-,15?/m0/s1. The average molecular weight is 477 g/mol. The summed E-state index contributed by atoms with van der Waals surface area (Å²) >= 11 is 9.67. The molecule has 1 amide bonds. The Kier molecular flexibility index (Phi) is 7.82. The van der Waals surface area contributed by atoms with Crippen LogP contribution in [0.25, 0.3) is 0 Å². The number of hydrogen-bond acceptors (Lipinski definition) is 6. The molecular weight excluding hydrogens is 450 g/mol. The highest BCUT2D eigenvalue weighted by molar-refractivity contribution is 9.10. The Balaban J connectivity index is 1.63. The number of nitrogens with zero attached hydrogens (tertiary/aromatic N) is 1. The predicted octanol–water partition coefficient (Wildman–Crippen LogP) is 1.90. The molecule has 3 N–H and O–H groups in total. The van der Waals surface area contributed by atoms with Crippen LogP contribution in [0.1, 0.15) is 23.2 Å². The SMILES string of the molecule is CNCCN1CC[C@@H](CNC(=O)c2cc(Cl)c(Br)c3c2OCCCO3)C(O)C1. The highest BCUT2D eigenvalue weighted by Gasteiger charge is 2.29. The maximum Gasteiger partial charge on any atom is 0.255 e. The van der Waals surface area contributed by atoms with Gasteiger partial charge in [-0.15, -0.1) is 0 Å². The van der Waals surface area contributed by atoms with Gasteiger partial charge in [0.15, 0.2) is 11.5 Å². The summed E-state index contributed by atoms with van der Waals surface area (Å²) in [6, 6.07) is 1.59. The number of rotatable bonds is 6. The Morgan fingerprint density at radius 2 is 2.14 bits per heavy atom. The summed E-state index contributed by atoms with van der Waals surface area (Å²) in [5.41, 5.74) is 0.353. The average Bonchev–Trinajstić information content (AvgIpc) is 2.94. The van der Waals surface area contributed by atoms with Crippen LogP contribution < -0.4 is 20.1 Å². The quantitative estimate of drug-likeness (QED) is 0.582. The molecule has 9 heteroatoms. The van der Waals surface area contributed by atoms with Crippen molar-refractivity contribution in [3.63, 3.8) is 0 Å². The zero-order valence-corrected chi connectivity index (χ0v) is 18.3. The molecule has 0 spiro atoms. The number of aliphatic hydroxyl groups excluding tert-OH is 1. The molecule has 0 saturated carbocycles. The van der Waals surface area contributed by atoms with Gasteiger partial charge in [-0.2, -0.15) is 0 Å². The Labute approximate surface area is 178 Å². The van der Waals surface area contributed by atoms with Gasteiger partial charge in [0.1, 0.15) is 0 Å². The van der Waals surface area contributed by atoms with Crippen molar-refractivity contribution in [3.05, 3.63) is 21.1 Å². The van der Waals surface area contributed by atoms with Crippen molar-refractivity contribution in [3.8, 4) is 11.5 Å². The Bertz CT molecular complexity index is 706. The molecule has 0 aliphatic carbocycles. The van der Waals surface area contributed by atoms with Crippen LogP contribution in [0.2, 0.25) is 5.02 Å². The van der Waals surface area contributed by atoms with Gasteiger partial charge < -0.3 is 25.2 Å². The smallest absolute Gasteiger partial charge is 0.255 e. The van der Waals surface area contributed by atoms with Crippen LogP contribution in [-0.4, -0.2) is 75.0 Å². The number of hydrogen-bond donors (Lipinski definition) is 3. The van der Waals surface area contributed by atoms with Gasteiger partial charge in [0.05, 0.1) is 34.4 Å². The number of nitrogens with one attached hydrogen (secondary N) is 2. The van der Waals surface area contributed by atoms with E-state index in [2.05, 4.69) is 31.5 Å². The van der Waals surface area contributed by atoms with E-state index in [-0.39, 0.29) is 11.8 Å². The zero-order valence-electron chi connectivity index (χ0n) is 16.0. The predicted molar refractivity (Wildman–Crippen MR) is 112 cm³/mol. The number of ether oxygens (including phenoxy) is 2. The monoisotopic (exact) mass is 475 g/mol. The number of aliphatic hydroxyl groups is 1. The van der Waals surface area contributed by atoms with E-state index in [1.807, 2.05) is 7.05 Å². The molecule has 7 nitrogen and oxygen atoms in total. The second-order valence-corrected chi connectivity index (χ2v) is 8.36. The topological polar surface area (TPSA) is 83.1 Å². The lowest BCUT2D eigenvalue weighted by Gasteiger charge is -2.36. The summed E-state index contributed by atoms with van der Waals surface area (Å²) in [5, 5.41) is 16.9. The fourth-order valence-corrected chi connectivity index (χ4v) is 4.11. The van der Waals surface area contributed by atoms with Crippen LogP contribution in [-0.2, 0) is 0 Å². The molecule has 1 aromatic carbocycles. The molecule has 1 fully saturated rings. The highest BCUT2D eigenvalue weighted by atomic mass is 79.9. The minimum absolute atomic E-state index is 0.0245. The lowest BCUT2D eigenvalue weighted by atomic mass is 9.93. The number of likely N-dealkylation sites (N-methyl/N-ethyl adjacent to an activating group) is 1. The maximum absolute atomic E-state index is 12.8. The first-order valence-electron chi connectivity index (χ1n) is 9.62. The fraction of sp³-hybridized carbons (Fsp3) is 0.632. The van der Waals surface area contributed by atoms with Gasteiger partial charge in [-0.25, -0.2) is 0 Å². The number of likely N-dealkylation sites (tertiary alicyclic amines) is 1. The van der Waals surface area contributed by atoms with E-state index in [1.54, 1.807) is 6.07 Å². The summed E-state index contributed by atoms with van der Waals surface area (Å²) in [6.45, 7) is 4.73. The third-order valence-corrected chi connectivity index (χ3v) is 6.48. The van der Waals surface area contributed by atoms with Crippen LogP contribution in [0, 0.1) is 5.92 Å². The van der Waals surface area contributed by atoms with Crippen LogP contribution in [0.3, 0.4) is 0 Å². The Morgan fingerprint density at radius 1 is 1.39 bits per heavy atom. The van der Waals surface area contributed by atoms with Crippen molar-refractivity contribution in [1.82, 2.24) is 15.5 Å². The van der Waals surface area contributed by atoms with E-state index in [1.165, 1.54) is 0 Å². The number of fused-ring (bicyclic) bond motifs is 1. The molecule has 0 radical (unpaired) electrons. The van der Waals surface area contributed by atoms with E-state index >= 15 is 0 Å². The number of benzene rings is 1. The molecule has 1 aromatic rings. The third-order valence-electron chi connectivity index (χ3n) is 5.17. The molecule has 2 aliphatic rings. The highest BCUT2D eigenvalue weighted by Crippen LogP contribution is 2.44. The van der Waals surface area contributed by atoms with Crippen molar-refractivity contribution < 1.29 is 19.4 Å². The summed E-state index contributed by atoms with van der Waals surface area (Å²) in [6.07, 6.45) is 1.11. The first kappa shape index (κ1) is 21.6. The minimum Gasteiger partial charge on any atom is -0.489 e. The molecule has 156 valence electrons. The lowest BCUT2D eigenvalue weighted by molar-refractivity contribution is 0.0228. The van der Waals surface area contributed by atoms with E-state index in [0.717, 1.165) is 32.5 Å². The van der Waals surface area contributed by atoms with Crippen LogP contribution in [0.4, 0.5) is 0 Å². The number of carbonyl (C=O) groups is 1. The summed E-state index contributed by atoms with van der Waals surface area (Å²) < 4.78 is 12.1. The second-order valence-electron chi connectivity index (χ2n) is 7.16. The normalized spacial score (nSPS) is 22.6. The summed E-state index contributed by atoms with van der Waals surface area (Å²) in [4.78, 5) is 15.1. The first-order chi connectivity index (χ1) is 13.5. The Hall–Kier alpha value is -1.06. The summed E-state index contributed by atoms with van der Waals surface area (Å²) in [7, 11) is 1.92. The minimum atomic E-state index is -0.462. The maximum atomic E-state index is 12.8. The number of carbonyl (C=O) groups excluding carboxylic acids is 1. The largest absolute Gasteiger partial charge is 0.489 e. The molecule has 1 unspecified atom stereocenters.